The fourth-order valence-electron chi connectivity index (χ4n) is 1.63. The number of hydrogen-bond donors (Lipinski definition) is 1. The van der Waals surface area contributed by atoms with Crippen LogP contribution in [0.1, 0.15) is 6.42 Å². The van der Waals surface area contributed by atoms with Gasteiger partial charge >= 0.3 is 0 Å². The maximum Gasteiger partial charge on any atom is 0.221 e. The Kier molecular flexibility index (Phi) is 4.06. The van der Waals surface area contributed by atoms with E-state index in [0.717, 1.165) is 12.4 Å². The van der Waals surface area contributed by atoms with Gasteiger partial charge in [0.25, 0.3) is 0 Å². The van der Waals surface area contributed by atoms with E-state index >= 15 is 0 Å². The van der Waals surface area contributed by atoms with Crippen LogP contribution in [0.4, 0.5) is 5.82 Å². The van der Waals surface area contributed by atoms with E-state index in [4.69, 9.17) is 11.6 Å². The summed E-state index contributed by atoms with van der Waals surface area (Å²) in [5.74, 6) is 0.864. The van der Waals surface area contributed by atoms with Crippen molar-refractivity contribution in [2.24, 2.45) is 0 Å². The Morgan fingerprint density at radius 3 is 3.06 bits per heavy atom. The van der Waals surface area contributed by atoms with E-state index in [0.29, 0.717) is 29.8 Å². The Labute approximate surface area is 109 Å². The van der Waals surface area contributed by atoms with Crippen molar-refractivity contribution < 1.29 is 4.79 Å². The monoisotopic (exact) mass is 272 g/mol. The molecule has 1 aliphatic rings. The van der Waals surface area contributed by atoms with Crippen molar-refractivity contribution in [1.82, 2.24) is 15.3 Å². The molecule has 0 bridgehead atoms. The quantitative estimate of drug-likeness (QED) is 0.498. The largest absolute Gasteiger partial charge is 0.354 e. The molecule has 0 spiro atoms. The number of nitrogens with one attached hydrogen (secondary N) is 1. The fraction of sp³-hybridized carbons (Fsp3) is 0.500. The smallest absolute Gasteiger partial charge is 0.221 e. The number of aromatic nitrogens is 2. The highest BCUT2D eigenvalue weighted by Crippen LogP contribution is 2.20. The minimum atomic E-state index is 0.0812. The molecule has 0 aliphatic carbocycles. The zero-order chi connectivity index (χ0) is 12.3. The van der Waals surface area contributed by atoms with E-state index < -0.39 is 0 Å². The number of rotatable bonds is 2. The third-order valence-corrected chi connectivity index (χ3v) is 3.22. The molecule has 1 N–H and O–H groups in total. The molecule has 5 nitrogen and oxygen atoms in total. The average molecular weight is 273 g/mol. The van der Waals surface area contributed by atoms with Gasteiger partial charge in [0.15, 0.2) is 5.16 Å². The lowest BCUT2D eigenvalue weighted by Crippen LogP contribution is -2.29. The molecule has 1 aromatic rings. The second-order valence-corrected chi connectivity index (χ2v) is 4.78. The van der Waals surface area contributed by atoms with Crippen molar-refractivity contribution in [2.45, 2.75) is 11.6 Å². The van der Waals surface area contributed by atoms with Crippen LogP contribution in [-0.2, 0) is 4.79 Å². The van der Waals surface area contributed by atoms with E-state index in [1.54, 1.807) is 6.07 Å². The first-order valence-electron chi connectivity index (χ1n) is 5.29. The third-order valence-electron chi connectivity index (χ3n) is 2.48. The Balaban J connectivity index is 2.20. The number of anilines is 1. The summed E-state index contributed by atoms with van der Waals surface area (Å²) in [7, 11) is 0. The molecular formula is C10H13ClN4OS. The van der Waals surface area contributed by atoms with Gasteiger partial charge in [-0.25, -0.2) is 9.97 Å². The van der Waals surface area contributed by atoms with Gasteiger partial charge in [0, 0.05) is 32.1 Å². The minimum Gasteiger partial charge on any atom is -0.354 e. The number of thioether (sulfide) groups is 1. The Morgan fingerprint density at radius 2 is 2.29 bits per heavy atom. The highest BCUT2D eigenvalue weighted by molar-refractivity contribution is 7.98. The van der Waals surface area contributed by atoms with Crippen molar-refractivity contribution >= 4 is 35.1 Å². The first-order valence-corrected chi connectivity index (χ1v) is 6.89. The predicted octanol–water partition coefficient (Wildman–Crippen LogP) is 1.18. The third kappa shape index (κ3) is 3.23. The van der Waals surface area contributed by atoms with Gasteiger partial charge in [-0.2, -0.15) is 0 Å². The number of carbonyl (C=O) groups is 1. The first kappa shape index (κ1) is 12.4. The van der Waals surface area contributed by atoms with Crippen molar-refractivity contribution in [2.75, 3.05) is 30.8 Å². The van der Waals surface area contributed by atoms with Gasteiger partial charge in [-0.05, 0) is 6.26 Å². The van der Waals surface area contributed by atoms with Crippen LogP contribution in [-0.4, -0.2) is 41.8 Å². The lowest BCUT2D eigenvalue weighted by molar-refractivity contribution is -0.120. The van der Waals surface area contributed by atoms with E-state index in [-0.39, 0.29) is 5.91 Å². The van der Waals surface area contributed by atoms with E-state index in [2.05, 4.69) is 15.3 Å². The van der Waals surface area contributed by atoms with Gasteiger partial charge < -0.3 is 10.2 Å². The Bertz CT molecular complexity index is 429. The molecule has 7 heteroatoms. The molecule has 0 aromatic carbocycles. The van der Waals surface area contributed by atoms with Crippen LogP contribution in [0.5, 0.6) is 0 Å². The van der Waals surface area contributed by atoms with Crippen LogP contribution in [0, 0.1) is 0 Å². The predicted molar refractivity (Wildman–Crippen MR) is 68.7 cm³/mol. The molecule has 0 atom stereocenters. The van der Waals surface area contributed by atoms with Crippen LogP contribution in [0.3, 0.4) is 0 Å². The summed E-state index contributed by atoms with van der Waals surface area (Å²) < 4.78 is 0. The van der Waals surface area contributed by atoms with Crippen LogP contribution in [0.25, 0.3) is 0 Å². The van der Waals surface area contributed by atoms with Gasteiger partial charge in [0.05, 0.1) is 0 Å². The van der Waals surface area contributed by atoms with Crippen LogP contribution in [0.2, 0.25) is 5.15 Å². The van der Waals surface area contributed by atoms with Crippen LogP contribution in [0.15, 0.2) is 11.2 Å². The second-order valence-electron chi connectivity index (χ2n) is 3.62. The number of nitrogens with zero attached hydrogens (tertiary/aromatic N) is 3. The zero-order valence-corrected chi connectivity index (χ0v) is 11.0. The molecule has 2 rings (SSSR count). The molecule has 92 valence electrons. The number of carbonyl (C=O) groups excluding carboxylic acids is 1. The molecule has 1 aromatic heterocycles. The number of amides is 1. The molecule has 1 saturated heterocycles. The summed E-state index contributed by atoms with van der Waals surface area (Å²) >= 11 is 7.39. The van der Waals surface area contributed by atoms with Crippen LogP contribution < -0.4 is 10.2 Å². The maximum atomic E-state index is 11.2. The average Bonchev–Trinajstić information content (AvgIpc) is 2.53. The normalized spacial score (nSPS) is 16.6. The highest BCUT2D eigenvalue weighted by Gasteiger charge is 2.16. The van der Waals surface area contributed by atoms with Gasteiger partial charge in [0.1, 0.15) is 11.0 Å². The molecule has 1 aliphatic heterocycles. The van der Waals surface area contributed by atoms with Crippen molar-refractivity contribution in [3.8, 4) is 0 Å². The fourth-order valence-corrected chi connectivity index (χ4v) is 2.24. The molecule has 0 saturated carbocycles. The number of halogens is 1. The van der Waals surface area contributed by atoms with Crippen LogP contribution >= 0.6 is 23.4 Å². The molecule has 17 heavy (non-hydrogen) atoms. The lowest BCUT2D eigenvalue weighted by Gasteiger charge is -2.20. The molecular weight excluding hydrogens is 260 g/mol. The highest BCUT2D eigenvalue weighted by atomic mass is 35.5. The molecule has 0 radical (unpaired) electrons. The molecule has 1 amide bonds. The summed E-state index contributed by atoms with van der Waals surface area (Å²) in [5.41, 5.74) is 0. The minimum absolute atomic E-state index is 0.0812. The maximum absolute atomic E-state index is 11.2. The standard InChI is InChI=1S/C10H13ClN4OS/c1-17-10-13-7(11)6-8(14-10)15-4-2-9(16)12-3-5-15/h6H,2-5H2,1H3,(H,12,16). The van der Waals surface area contributed by atoms with E-state index in [9.17, 15) is 4.79 Å². The van der Waals surface area contributed by atoms with Crippen molar-refractivity contribution in [1.29, 1.82) is 0 Å². The zero-order valence-electron chi connectivity index (χ0n) is 9.44. The lowest BCUT2D eigenvalue weighted by atomic mass is 10.4. The van der Waals surface area contributed by atoms with Gasteiger partial charge in [-0.15, -0.1) is 0 Å². The topological polar surface area (TPSA) is 58.1 Å². The van der Waals surface area contributed by atoms with Crippen molar-refractivity contribution in [3.63, 3.8) is 0 Å². The van der Waals surface area contributed by atoms with E-state index in [1.807, 2.05) is 11.2 Å². The van der Waals surface area contributed by atoms with Gasteiger partial charge in [0.2, 0.25) is 5.91 Å². The summed E-state index contributed by atoms with van der Waals surface area (Å²) in [5, 5.41) is 3.91. The molecule has 2 heterocycles. The summed E-state index contributed by atoms with van der Waals surface area (Å²) in [4.78, 5) is 21.8. The second kappa shape index (κ2) is 5.55. The van der Waals surface area contributed by atoms with Gasteiger partial charge in [-0.1, -0.05) is 23.4 Å². The van der Waals surface area contributed by atoms with Crippen molar-refractivity contribution in [3.05, 3.63) is 11.2 Å². The molecule has 0 unspecified atom stereocenters. The Hall–Kier alpha value is -1.01. The first-order chi connectivity index (χ1) is 8.19. The molecule has 1 fully saturated rings. The number of hydrogen-bond acceptors (Lipinski definition) is 5. The summed E-state index contributed by atoms with van der Waals surface area (Å²) in [6, 6.07) is 1.73. The van der Waals surface area contributed by atoms with E-state index in [1.165, 1.54) is 11.8 Å². The van der Waals surface area contributed by atoms with Gasteiger partial charge in [-0.3, -0.25) is 4.79 Å². The Morgan fingerprint density at radius 1 is 1.47 bits per heavy atom. The summed E-state index contributed by atoms with van der Waals surface area (Å²) in [6.45, 7) is 2.04. The summed E-state index contributed by atoms with van der Waals surface area (Å²) in [6.07, 6.45) is 2.39. The SMILES string of the molecule is CSc1nc(Cl)cc(N2CCNC(=O)CC2)n1.